The van der Waals surface area contributed by atoms with E-state index in [2.05, 4.69) is 119 Å². The lowest BCUT2D eigenvalue weighted by Gasteiger charge is -2.44. The Hall–Kier alpha value is -1.69. The molecule has 1 unspecified atom stereocenters. The molecule has 1 saturated heterocycles. The quantitative estimate of drug-likeness (QED) is 0.282. The molecular formula is C31H46O3Si2. The van der Waals surface area contributed by atoms with E-state index < -0.39 is 16.4 Å². The fourth-order valence-electron chi connectivity index (χ4n) is 4.94. The van der Waals surface area contributed by atoms with Gasteiger partial charge in [0.2, 0.25) is 0 Å². The highest BCUT2D eigenvalue weighted by Crippen LogP contribution is 2.37. The molecule has 0 saturated carbocycles. The zero-order valence-corrected chi connectivity index (χ0v) is 25.5. The number of ether oxygens (including phenoxy) is 2. The van der Waals surface area contributed by atoms with Crippen LogP contribution in [0.3, 0.4) is 0 Å². The molecule has 1 aliphatic heterocycles. The highest BCUT2D eigenvalue weighted by Gasteiger charge is 2.50. The van der Waals surface area contributed by atoms with Crippen molar-refractivity contribution in [3.8, 4) is 11.5 Å². The molecule has 0 aromatic heterocycles. The number of hydrogen-bond acceptors (Lipinski definition) is 3. The third-order valence-electron chi connectivity index (χ3n) is 6.85. The first-order valence-electron chi connectivity index (χ1n) is 13.5. The molecule has 1 heterocycles. The first-order chi connectivity index (χ1) is 17.0. The van der Waals surface area contributed by atoms with E-state index in [1.54, 1.807) is 0 Å². The highest BCUT2D eigenvalue weighted by molar-refractivity contribution is 6.99. The summed E-state index contributed by atoms with van der Waals surface area (Å²) >= 11 is 0. The van der Waals surface area contributed by atoms with Gasteiger partial charge < -0.3 is 13.9 Å². The van der Waals surface area contributed by atoms with E-state index in [1.165, 1.54) is 10.4 Å². The molecule has 1 aliphatic rings. The average Bonchev–Trinajstić information content (AvgIpc) is 2.84. The van der Waals surface area contributed by atoms with Crippen molar-refractivity contribution in [2.45, 2.75) is 90.5 Å². The second-order valence-electron chi connectivity index (χ2n) is 12.2. The molecule has 3 rings (SSSR count). The van der Waals surface area contributed by atoms with Crippen molar-refractivity contribution in [2.24, 2.45) is 5.92 Å². The van der Waals surface area contributed by atoms with Gasteiger partial charge in [-0.3, -0.25) is 0 Å². The Morgan fingerprint density at radius 2 is 1.53 bits per heavy atom. The third kappa shape index (κ3) is 7.66. The molecule has 0 N–H and O–H groups in total. The van der Waals surface area contributed by atoms with Gasteiger partial charge in [-0.15, -0.1) is 11.5 Å². The van der Waals surface area contributed by atoms with Crippen LogP contribution in [0.1, 0.15) is 53.4 Å². The Bertz CT molecular complexity index is 938. The van der Waals surface area contributed by atoms with Gasteiger partial charge in [-0.25, -0.2) is 0 Å². The highest BCUT2D eigenvalue weighted by atomic mass is 28.4. The van der Waals surface area contributed by atoms with Crippen LogP contribution in [0.25, 0.3) is 0 Å². The van der Waals surface area contributed by atoms with E-state index in [0.29, 0.717) is 6.61 Å². The molecule has 0 spiro atoms. The lowest BCUT2D eigenvalue weighted by molar-refractivity contribution is -0.197. The summed E-state index contributed by atoms with van der Waals surface area (Å²) in [6.07, 6.45) is 3.80. The molecule has 196 valence electrons. The van der Waals surface area contributed by atoms with E-state index in [4.69, 9.17) is 13.9 Å². The SMILES string of the molecule is C[C@H](CO[Si](c1ccccc1)(c1ccccc1)C(C)(C)C)[C@@H](CC#C[Si](C)(C)C)OC1CCCCO1. The predicted molar refractivity (Wildman–Crippen MR) is 157 cm³/mol. The largest absolute Gasteiger partial charge is 0.407 e. The van der Waals surface area contributed by atoms with Gasteiger partial charge in [0.1, 0.15) is 8.07 Å². The second-order valence-corrected chi connectivity index (χ2v) is 21.2. The zero-order valence-electron chi connectivity index (χ0n) is 23.5. The Morgan fingerprint density at radius 3 is 2.00 bits per heavy atom. The minimum Gasteiger partial charge on any atom is -0.407 e. The van der Waals surface area contributed by atoms with Gasteiger partial charge in [0.25, 0.3) is 8.32 Å². The number of rotatable bonds is 9. The van der Waals surface area contributed by atoms with Crippen molar-refractivity contribution in [1.29, 1.82) is 0 Å². The van der Waals surface area contributed by atoms with Crippen LogP contribution in [0.5, 0.6) is 0 Å². The van der Waals surface area contributed by atoms with Gasteiger partial charge in [-0.2, -0.15) is 0 Å². The van der Waals surface area contributed by atoms with E-state index in [-0.39, 0.29) is 23.4 Å². The molecule has 0 amide bonds. The topological polar surface area (TPSA) is 27.7 Å². The first kappa shape index (κ1) is 28.9. The molecule has 3 nitrogen and oxygen atoms in total. The summed E-state index contributed by atoms with van der Waals surface area (Å²) < 4.78 is 19.7. The van der Waals surface area contributed by atoms with Gasteiger partial charge >= 0.3 is 0 Å². The van der Waals surface area contributed by atoms with Crippen LogP contribution in [0.15, 0.2) is 60.7 Å². The summed E-state index contributed by atoms with van der Waals surface area (Å²) in [4.78, 5) is 0. The summed E-state index contributed by atoms with van der Waals surface area (Å²) in [5.41, 5.74) is 3.53. The minimum atomic E-state index is -2.59. The number of benzene rings is 2. The second kappa shape index (κ2) is 12.7. The van der Waals surface area contributed by atoms with E-state index in [1.807, 2.05) is 0 Å². The van der Waals surface area contributed by atoms with Crippen LogP contribution in [0.2, 0.25) is 24.7 Å². The summed E-state index contributed by atoms with van der Waals surface area (Å²) in [5.74, 6) is 3.66. The zero-order chi connectivity index (χ0) is 26.2. The Balaban J connectivity index is 1.90. The summed E-state index contributed by atoms with van der Waals surface area (Å²) in [5, 5.41) is 2.57. The molecule has 0 aliphatic carbocycles. The van der Waals surface area contributed by atoms with Gasteiger partial charge in [0.15, 0.2) is 6.29 Å². The molecule has 1 fully saturated rings. The monoisotopic (exact) mass is 522 g/mol. The Kier molecular flexibility index (Phi) is 10.2. The maximum atomic E-state index is 7.22. The van der Waals surface area contributed by atoms with Crippen LogP contribution in [-0.2, 0) is 13.9 Å². The van der Waals surface area contributed by atoms with E-state index >= 15 is 0 Å². The predicted octanol–water partition coefficient (Wildman–Crippen LogP) is 6.38. The van der Waals surface area contributed by atoms with Gasteiger partial charge in [-0.1, -0.05) is 108 Å². The molecule has 3 atom stereocenters. The fraction of sp³-hybridized carbons (Fsp3) is 0.548. The molecule has 0 bridgehead atoms. The maximum Gasteiger partial charge on any atom is 0.261 e. The molecular weight excluding hydrogens is 477 g/mol. The Morgan fingerprint density at radius 1 is 0.944 bits per heavy atom. The minimum absolute atomic E-state index is 0.0184. The fourth-order valence-corrected chi connectivity index (χ4v) is 10.2. The standard InChI is InChI=1S/C31H46O3Si2/c1-26(29(21-16-24-35(5,6)7)34-30-22-14-15-23-32-30)25-33-36(31(2,3)4,27-17-10-8-11-18-27)28-19-12-9-13-20-28/h8-13,17-20,26,29-30H,14-15,21-23,25H2,1-7H3/t26-,29-,30?/m1/s1. The Labute approximate surface area is 222 Å². The summed E-state index contributed by atoms with van der Waals surface area (Å²) in [6.45, 7) is 17.5. The first-order valence-corrected chi connectivity index (χ1v) is 19.0. The van der Waals surface area contributed by atoms with Crippen LogP contribution in [0, 0.1) is 17.4 Å². The normalized spacial score (nSPS) is 18.7. The van der Waals surface area contributed by atoms with Crippen molar-refractivity contribution in [1.82, 2.24) is 0 Å². The van der Waals surface area contributed by atoms with Gasteiger partial charge in [-0.05, 0) is 34.7 Å². The smallest absolute Gasteiger partial charge is 0.261 e. The third-order valence-corrected chi connectivity index (χ3v) is 12.8. The number of hydrogen-bond donors (Lipinski definition) is 0. The molecule has 2 aromatic carbocycles. The summed E-state index contributed by atoms with van der Waals surface area (Å²) in [7, 11) is -4.03. The van der Waals surface area contributed by atoms with E-state index in [0.717, 1.165) is 32.3 Å². The van der Waals surface area contributed by atoms with Gasteiger partial charge in [0, 0.05) is 25.6 Å². The molecule has 36 heavy (non-hydrogen) atoms. The average molecular weight is 523 g/mol. The van der Waals surface area contributed by atoms with Crippen molar-refractivity contribution in [2.75, 3.05) is 13.2 Å². The molecule has 2 aromatic rings. The van der Waals surface area contributed by atoms with Crippen molar-refractivity contribution < 1.29 is 13.9 Å². The van der Waals surface area contributed by atoms with Crippen LogP contribution in [0.4, 0.5) is 0 Å². The van der Waals surface area contributed by atoms with Crippen molar-refractivity contribution in [3.05, 3.63) is 60.7 Å². The van der Waals surface area contributed by atoms with Gasteiger partial charge in [0.05, 0.1) is 6.10 Å². The molecule has 5 heteroatoms. The lowest BCUT2D eigenvalue weighted by atomic mass is 10.0. The van der Waals surface area contributed by atoms with Crippen LogP contribution >= 0.6 is 0 Å². The maximum absolute atomic E-state index is 7.22. The lowest BCUT2D eigenvalue weighted by Crippen LogP contribution is -2.67. The van der Waals surface area contributed by atoms with Crippen LogP contribution < -0.4 is 10.4 Å². The van der Waals surface area contributed by atoms with Crippen LogP contribution in [-0.4, -0.2) is 42.0 Å². The summed E-state index contributed by atoms with van der Waals surface area (Å²) in [6, 6.07) is 21.7. The van der Waals surface area contributed by atoms with E-state index in [9.17, 15) is 0 Å². The molecule has 0 radical (unpaired) electrons. The van der Waals surface area contributed by atoms with Crippen molar-refractivity contribution in [3.63, 3.8) is 0 Å². The van der Waals surface area contributed by atoms with Crippen molar-refractivity contribution >= 4 is 26.8 Å².